The lowest BCUT2D eigenvalue weighted by Gasteiger charge is -2.43. The Kier molecular flexibility index (Phi) is 4.57. The fourth-order valence-electron chi connectivity index (χ4n) is 3.11. The second-order valence-corrected chi connectivity index (χ2v) is 6.75. The molecule has 1 saturated heterocycles. The Morgan fingerprint density at radius 2 is 2.06 bits per heavy atom. The minimum Gasteiger partial charge on any atom is -0.314 e. The van der Waals surface area contributed by atoms with Gasteiger partial charge in [0.1, 0.15) is 0 Å². The third kappa shape index (κ3) is 2.93. The number of rotatable bonds is 3. The van der Waals surface area contributed by atoms with Crippen LogP contribution >= 0.6 is 11.8 Å². The highest BCUT2D eigenvalue weighted by molar-refractivity contribution is 8.00. The number of nitrogens with one attached hydrogen (secondary N) is 1. The van der Waals surface area contributed by atoms with E-state index in [1.54, 1.807) is 0 Å². The SMILES string of the molecule is CSC1(CN2CCNCC2C)CCCCC1. The van der Waals surface area contributed by atoms with Crippen molar-refractivity contribution in [3.8, 4) is 0 Å². The van der Waals surface area contributed by atoms with Crippen LogP contribution in [-0.2, 0) is 0 Å². The Morgan fingerprint density at radius 1 is 1.31 bits per heavy atom. The van der Waals surface area contributed by atoms with E-state index < -0.39 is 0 Å². The second-order valence-electron chi connectivity index (χ2n) is 5.47. The molecule has 0 spiro atoms. The highest BCUT2D eigenvalue weighted by atomic mass is 32.2. The zero-order valence-electron chi connectivity index (χ0n) is 10.8. The Labute approximate surface area is 105 Å². The minimum absolute atomic E-state index is 0.573. The smallest absolute Gasteiger partial charge is 0.0284 e. The molecule has 1 unspecified atom stereocenters. The zero-order valence-corrected chi connectivity index (χ0v) is 11.6. The molecule has 1 N–H and O–H groups in total. The Hall–Kier alpha value is 0.270. The molecule has 1 atom stereocenters. The second kappa shape index (κ2) is 5.74. The molecular formula is C13H26N2S. The lowest BCUT2D eigenvalue weighted by atomic mass is 9.87. The monoisotopic (exact) mass is 242 g/mol. The van der Waals surface area contributed by atoms with E-state index in [1.165, 1.54) is 58.3 Å². The maximum absolute atomic E-state index is 3.48. The number of piperazine rings is 1. The van der Waals surface area contributed by atoms with Gasteiger partial charge < -0.3 is 5.32 Å². The van der Waals surface area contributed by atoms with Crippen molar-refractivity contribution in [2.45, 2.75) is 49.8 Å². The van der Waals surface area contributed by atoms with E-state index in [0.717, 1.165) is 6.04 Å². The summed E-state index contributed by atoms with van der Waals surface area (Å²) >= 11 is 2.13. The average molecular weight is 242 g/mol. The van der Waals surface area contributed by atoms with Gasteiger partial charge >= 0.3 is 0 Å². The van der Waals surface area contributed by atoms with Gasteiger partial charge in [-0.05, 0) is 26.0 Å². The predicted octanol–water partition coefficient (Wildman–Crippen LogP) is 2.35. The first-order chi connectivity index (χ1) is 7.76. The van der Waals surface area contributed by atoms with Gasteiger partial charge in [0.05, 0.1) is 0 Å². The van der Waals surface area contributed by atoms with Crippen LogP contribution in [0, 0.1) is 0 Å². The maximum Gasteiger partial charge on any atom is 0.0284 e. The summed E-state index contributed by atoms with van der Waals surface area (Å²) in [6, 6.07) is 0.722. The van der Waals surface area contributed by atoms with Crippen molar-refractivity contribution in [2.75, 3.05) is 32.4 Å². The molecule has 0 radical (unpaired) electrons. The number of nitrogens with zero attached hydrogens (tertiary/aromatic N) is 1. The molecule has 0 bridgehead atoms. The standard InChI is InChI=1S/C13H26N2S/c1-12-10-14-8-9-15(12)11-13(16-2)6-4-3-5-7-13/h12,14H,3-11H2,1-2H3. The summed E-state index contributed by atoms with van der Waals surface area (Å²) in [6.45, 7) is 7.27. The summed E-state index contributed by atoms with van der Waals surface area (Å²) < 4.78 is 0.573. The van der Waals surface area contributed by atoms with Crippen molar-refractivity contribution >= 4 is 11.8 Å². The predicted molar refractivity (Wildman–Crippen MR) is 73.2 cm³/mol. The van der Waals surface area contributed by atoms with Crippen molar-refractivity contribution < 1.29 is 0 Å². The first kappa shape index (κ1) is 12.7. The average Bonchev–Trinajstić information content (AvgIpc) is 2.33. The third-order valence-electron chi connectivity index (χ3n) is 4.33. The zero-order chi connectivity index (χ0) is 11.4. The molecule has 16 heavy (non-hydrogen) atoms. The van der Waals surface area contributed by atoms with Gasteiger partial charge in [0, 0.05) is 37.0 Å². The van der Waals surface area contributed by atoms with Gasteiger partial charge in [0.2, 0.25) is 0 Å². The van der Waals surface area contributed by atoms with Crippen LogP contribution in [0.2, 0.25) is 0 Å². The van der Waals surface area contributed by atoms with Crippen LogP contribution in [0.15, 0.2) is 0 Å². The van der Waals surface area contributed by atoms with Crippen LogP contribution in [0.25, 0.3) is 0 Å². The number of thioether (sulfide) groups is 1. The summed E-state index contributed by atoms with van der Waals surface area (Å²) in [4.78, 5) is 2.71. The molecule has 2 nitrogen and oxygen atoms in total. The summed E-state index contributed by atoms with van der Waals surface area (Å²) in [5.41, 5.74) is 0. The molecule has 0 aromatic rings. The Balaban J connectivity index is 1.93. The molecular weight excluding hydrogens is 216 g/mol. The molecule has 1 aliphatic carbocycles. The number of hydrogen-bond acceptors (Lipinski definition) is 3. The van der Waals surface area contributed by atoms with Gasteiger partial charge in [-0.3, -0.25) is 4.90 Å². The van der Waals surface area contributed by atoms with E-state index in [1.807, 2.05) is 0 Å². The van der Waals surface area contributed by atoms with Crippen molar-refractivity contribution in [3.05, 3.63) is 0 Å². The lowest BCUT2D eigenvalue weighted by molar-refractivity contribution is 0.145. The molecule has 1 aliphatic heterocycles. The fraction of sp³-hybridized carbons (Fsp3) is 1.00. The quantitative estimate of drug-likeness (QED) is 0.818. The van der Waals surface area contributed by atoms with E-state index >= 15 is 0 Å². The molecule has 0 aromatic heterocycles. The van der Waals surface area contributed by atoms with Crippen LogP contribution in [-0.4, -0.2) is 48.1 Å². The molecule has 0 amide bonds. The first-order valence-electron chi connectivity index (χ1n) is 6.76. The van der Waals surface area contributed by atoms with Crippen LogP contribution in [0.1, 0.15) is 39.0 Å². The van der Waals surface area contributed by atoms with Gasteiger partial charge in [0.25, 0.3) is 0 Å². The molecule has 0 aromatic carbocycles. The Bertz CT molecular complexity index is 214. The van der Waals surface area contributed by atoms with Crippen LogP contribution in [0.4, 0.5) is 0 Å². The van der Waals surface area contributed by atoms with Gasteiger partial charge in [-0.1, -0.05) is 19.3 Å². The third-order valence-corrected chi connectivity index (χ3v) is 5.73. The van der Waals surface area contributed by atoms with Gasteiger partial charge in [0.15, 0.2) is 0 Å². The van der Waals surface area contributed by atoms with Gasteiger partial charge in [-0.15, -0.1) is 0 Å². The summed E-state index contributed by atoms with van der Waals surface area (Å²) in [6.07, 6.45) is 9.54. The molecule has 1 saturated carbocycles. The van der Waals surface area contributed by atoms with Crippen molar-refractivity contribution in [2.24, 2.45) is 0 Å². The van der Waals surface area contributed by atoms with Crippen molar-refractivity contribution in [1.82, 2.24) is 10.2 Å². The fourth-order valence-corrected chi connectivity index (χ4v) is 4.10. The van der Waals surface area contributed by atoms with E-state index in [0.29, 0.717) is 4.75 Å². The minimum atomic E-state index is 0.573. The van der Waals surface area contributed by atoms with Crippen LogP contribution in [0.3, 0.4) is 0 Å². The lowest BCUT2D eigenvalue weighted by Crippen LogP contribution is -2.54. The maximum atomic E-state index is 3.48. The van der Waals surface area contributed by atoms with Gasteiger partial charge in [-0.25, -0.2) is 0 Å². The topological polar surface area (TPSA) is 15.3 Å². The highest BCUT2D eigenvalue weighted by Gasteiger charge is 2.34. The molecule has 2 fully saturated rings. The molecule has 2 aliphatic rings. The summed E-state index contributed by atoms with van der Waals surface area (Å²) in [7, 11) is 0. The summed E-state index contributed by atoms with van der Waals surface area (Å²) in [5.74, 6) is 0. The van der Waals surface area contributed by atoms with Crippen molar-refractivity contribution in [1.29, 1.82) is 0 Å². The largest absolute Gasteiger partial charge is 0.314 e. The van der Waals surface area contributed by atoms with Crippen LogP contribution < -0.4 is 5.32 Å². The molecule has 1 heterocycles. The highest BCUT2D eigenvalue weighted by Crippen LogP contribution is 2.39. The molecule has 2 rings (SSSR count). The molecule has 3 heteroatoms. The van der Waals surface area contributed by atoms with Crippen molar-refractivity contribution in [3.63, 3.8) is 0 Å². The normalized spacial score (nSPS) is 31.5. The number of hydrogen-bond donors (Lipinski definition) is 1. The first-order valence-corrected chi connectivity index (χ1v) is 7.98. The van der Waals surface area contributed by atoms with E-state index in [9.17, 15) is 0 Å². The van der Waals surface area contributed by atoms with E-state index in [2.05, 4.69) is 35.2 Å². The van der Waals surface area contributed by atoms with E-state index in [4.69, 9.17) is 0 Å². The Morgan fingerprint density at radius 3 is 2.69 bits per heavy atom. The summed E-state index contributed by atoms with van der Waals surface area (Å²) in [5, 5.41) is 3.48. The molecule has 94 valence electrons. The van der Waals surface area contributed by atoms with Crippen LogP contribution in [0.5, 0.6) is 0 Å². The van der Waals surface area contributed by atoms with Gasteiger partial charge in [-0.2, -0.15) is 11.8 Å². The van der Waals surface area contributed by atoms with E-state index in [-0.39, 0.29) is 0 Å².